The maximum Gasteiger partial charge on any atom is 0.407 e. The van der Waals surface area contributed by atoms with Crippen LogP contribution in [-0.4, -0.2) is 41.3 Å². The minimum absolute atomic E-state index is 0.0765. The lowest BCUT2D eigenvalue weighted by atomic mass is 9.84. The predicted octanol–water partition coefficient (Wildman–Crippen LogP) is 4.84. The van der Waals surface area contributed by atoms with E-state index in [-0.39, 0.29) is 24.9 Å². The summed E-state index contributed by atoms with van der Waals surface area (Å²) in [5.41, 5.74) is 3.15. The number of rotatable bonds is 7. The number of aliphatic carboxylic acids is 1. The summed E-state index contributed by atoms with van der Waals surface area (Å²) in [6.07, 6.45) is 2.18. The number of hydrogen-bond acceptors (Lipinski definition) is 4. The molecule has 186 valence electrons. The molecular weight excluding hydrogens is 444 g/mol. The SMILES string of the molecule is CC(C)(C)C(NC(=O)OCC1c2ccccc2-c2ccccc21)C(=O)NC1(CC(=O)O)CCCC1. The zero-order chi connectivity index (χ0) is 25.2. The average Bonchev–Trinajstić information content (AvgIpc) is 3.37. The number of carboxylic acid groups (broad SMARTS) is 1. The Kier molecular flexibility index (Phi) is 6.88. The second-order valence-electron chi connectivity index (χ2n) is 10.8. The van der Waals surface area contributed by atoms with Gasteiger partial charge in [-0.15, -0.1) is 0 Å². The first-order valence-corrected chi connectivity index (χ1v) is 12.2. The number of benzene rings is 2. The van der Waals surface area contributed by atoms with Crippen LogP contribution in [0, 0.1) is 5.41 Å². The minimum Gasteiger partial charge on any atom is -0.481 e. The van der Waals surface area contributed by atoms with Crippen molar-refractivity contribution in [2.24, 2.45) is 5.41 Å². The number of alkyl carbamates (subject to hydrolysis) is 1. The summed E-state index contributed by atoms with van der Waals surface area (Å²) in [4.78, 5) is 37.6. The van der Waals surface area contributed by atoms with Gasteiger partial charge in [-0.2, -0.15) is 0 Å². The molecular formula is C28H34N2O5. The van der Waals surface area contributed by atoms with E-state index in [2.05, 4.69) is 34.9 Å². The van der Waals surface area contributed by atoms with E-state index < -0.39 is 29.1 Å². The summed E-state index contributed by atoms with van der Waals surface area (Å²) < 4.78 is 5.65. The highest BCUT2D eigenvalue weighted by Gasteiger charge is 2.42. The fourth-order valence-corrected chi connectivity index (χ4v) is 5.45. The molecule has 0 saturated heterocycles. The molecule has 3 N–H and O–H groups in total. The molecule has 35 heavy (non-hydrogen) atoms. The van der Waals surface area contributed by atoms with E-state index in [9.17, 15) is 19.5 Å². The summed E-state index contributed by atoms with van der Waals surface area (Å²) in [6.45, 7) is 5.74. The molecule has 7 heteroatoms. The van der Waals surface area contributed by atoms with Crippen LogP contribution in [0.2, 0.25) is 0 Å². The number of carboxylic acids is 1. The number of amides is 2. The second kappa shape index (κ2) is 9.72. The first-order valence-electron chi connectivity index (χ1n) is 12.2. The third kappa shape index (κ3) is 5.34. The van der Waals surface area contributed by atoms with Gasteiger partial charge in [-0.25, -0.2) is 4.79 Å². The fourth-order valence-electron chi connectivity index (χ4n) is 5.45. The molecule has 1 unspecified atom stereocenters. The molecule has 0 aliphatic heterocycles. The van der Waals surface area contributed by atoms with Crippen LogP contribution in [0.4, 0.5) is 4.79 Å². The molecule has 2 aliphatic rings. The Morgan fingerprint density at radius 3 is 2.06 bits per heavy atom. The number of carbonyl (C=O) groups is 3. The van der Waals surface area contributed by atoms with Crippen LogP contribution in [0.1, 0.15) is 69.9 Å². The summed E-state index contributed by atoms with van der Waals surface area (Å²) in [6, 6.07) is 15.3. The lowest BCUT2D eigenvalue weighted by Crippen LogP contribution is -2.59. The van der Waals surface area contributed by atoms with Gasteiger partial charge in [0.1, 0.15) is 12.6 Å². The minimum atomic E-state index is -0.941. The monoisotopic (exact) mass is 478 g/mol. The van der Waals surface area contributed by atoms with Gasteiger partial charge in [0.15, 0.2) is 0 Å². The van der Waals surface area contributed by atoms with Crippen molar-refractivity contribution < 1.29 is 24.2 Å². The van der Waals surface area contributed by atoms with Gasteiger partial charge in [0.2, 0.25) is 5.91 Å². The van der Waals surface area contributed by atoms with Gasteiger partial charge in [0.05, 0.1) is 12.0 Å². The van der Waals surface area contributed by atoms with Gasteiger partial charge >= 0.3 is 12.1 Å². The van der Waals surface area contributed by atoms with Gasteiger partial charge in [-0.1, -0.05) is 82.1 Å². The average molecular weight is 479 g/mol. The molecule has 0 radical (unpaired) electrons. The highest BCUT2D eigenvalue weighted by atomic mass is 16.5. The first-order chi connectivity index (χ1) is 16.6. The molecule has 2 aromatic rings. The smallest absolute Gasteiger partial charge is 0.407 e. The van der Waals surface area contributed by atoms with E-state index in [1.165, 1.54) is 0 Å². The van der Waals surface area contributed by atoms with Crippen LogP contribution >= 0.6 is 0 Å². The van der Waals surface area contributed by atoms with Gasteiger partial charge in [0, 0.05) is 5.92 Å². The third-order valence-corrected chi connectivity index (χ3v) is 7.17. The van der Waals surface area contributed by atoms with E-state index in [0.717, 1.165) is 35.1 Å². The van der Waals surface area contributed by atoms with E-state index in [0.29, 0.717) is 12.8 Å². The Balaban J connectivity index is 1.44. The number of ether oxygens (including phenoxy) is 1. The van der Waals surface area contributed by atoms with Crippen molar-refractivity contribution in [1.29, 1.82) is 0 Å². The first kappa shape index (κ1) is 24.8. The molecule has 0 heterocycles. The van der Waals surface area contributed by atoms with Crippen LogP contribution in [-0.2, 0) is 14.3 Å². The molecule has 0 aromatic heterocycles. The largest absolute Gasteiger partial charge is 0.481 e. The molecule has 2 aromatic carbocycles. The molecule has 0 spiro atoms. The van der Waals surface area contributed by atoms with Crippen molar-refractivity contribution in [3.05, 3.63) is 59.7 Å². The maximum atomic E-state index is 13.3. The van der Waals surface area contributed by atoms with E-state index in [4.69, 9.17) is 4.74 Å². The third-order valence-electron chi connectivity index (χ3n) is 7.17. The van der Waals surface area contributed by atoms with Crippen molar-refractivity contribution >= 4 is 18.0 Å². The normalized spacial score (nSPS) is 17.2. The number of carbonyl (C=O) groups excluding carboxylic acids is 2. The number of fused-ring (bicyclic) bond motifs is 3. The van der Waals surface area contributed by atoms with Crippen LogP contribution < -0.4 is 10.6 Å². The van der Waals surface area contributed by atoms with Crippen LogP contribution in [0.5, 0.6) is 0 Å². The van der Waals surface area contributed by atoms with Gasteiger partial charge in [0.25, 0.3) is 0 Å². The highest BCUT2D eigenvalue weighted by Crippen LogP contribution is 2.44. The molecule has 7 nitrogen and oxygen atoms in total. The maximum absolute atomic E-state index is 13.3. The quantitative estimate of drug-likeness (QED) is 0.528. The molecule has 2 aliphatic carbocycles. The predicted molar refractivity (Wildman–Crippen MR) is 133 cm³/mol. The van der Waals surface area contributed by atoms with Gasteiger partial charge < -0.3 is 20.5 Å². The highest BCUT2D eigenvalue weighted by molar-refractivity contribution is 5.87. The van der Waals surface area contributed by atoms with Crippen molar-refractivity contribution in [3.8, 4) is 11.1 Å². The van der Waals surface area contributed by atoms with Gasteiger partial charge in [-0.05, 0) is 40.5 Å². The number of nitrogens with one attached hydrogen (secondary N) is 2. The Hall–Kier alpha value is -3.35. The summed E-state index contributed by atoms with van der Waals surface area (Å²) in [5, 5.41) is 15.1. The topological polar surface area (TPSA) is 105 Å². The lowest BCUT2D eigenvalue weighted by Gasteiger charge is -2.35. The zero-order valence-electron chi connectivity index (χ0n) is 20.6. The van der Waals surface area contributed by atoms with Crippen LogP contribution in [0.25, 0.3) is 11.1 Å². The summed E-state index contributed by atoms with van der Waals surface area (Å²) >= 11 is 0. The summed E-state index contributed by atoms with van der Waals surface area (Å²) in [7, 11) is 0. The van der Waals surface area contributed by atoms with E-state index in [1.807, 2.05) is 45.0 Å². The Labute approximate surface area is 206 Å². The van der Waals surface area contributed by atoms with Crippen molar-refractivity contribution in [1.82, 2.24) is 10.6 Å². The van der Waals surface area contributed by atoms with Crippen molar-refractivity contribution in [2.45, 2.75) is 70.4 Å². The van der Waals surface area contributed by atoms with E-state index >= 15 is 0 Å². The fraction of sp³-hybridized carbons (Fsp3) is 0.464. The lowest BCUT2D eigenvalue weighted by molar-refractivity contribution is -0.139. The molecule has 1 saturated carbocycles. The van der Waals surface area contributed by atoms with Crippen LogP contribution in [0.15, 0.2) is 48.5 Å². The Morgan fingerprint density at radius 1 is 1.00 bits per heavy atom. The number of hydrogen-bond donors (Lipinski definition) is 3. The zero-order valence-corrected chi connectivity index (χ0v) is 20.6. The molecule has 2 amide bonds. The van der Waals surface area contributed by atoms with Crippen LogP contribution in [0.3, 0.4) is 0 Å². The van der Waals surface area contributed by atoms with Gasteiger partial charge in [-0.3, -0.25) is 9.59 Å². The molecule has 1 atom stereocenters. The molecule has 0 bridgehead atoms. The van der Waals surface area contributed by atoms with E-state index in [1.54, 1.807) is 0 Å². The van der Waals surface area contributed by atoms with Crippen molar-refractivity contribution in [2.75, 3.05) is 6.61 Å². The van der Waals surface area contributed by atoms with Crippen molar-refractivity contribution in [3.63, 3.8) is 0 Å². The standard InChI is InChI=1S/C28H34N2O5/c1-27(2,3)24(25(33)30-28(16-23(31)32)14-8-9-15-28)29-26(34)35-17-22-20-12-6-4-10-18(20)19-11-5-7-13-21(19)22/h4-7,10-13,22,24H,8-9,14-17H2,1-3H3,(H,29,34)(H,30,33)(H,31,32). The Morgan fingerprint density at radius 2 is 1.54 bits per heavy atom. The second-order valence-corrected chi connectivity index (χ2v) is 10.8. The molecule has 1 fully saturated rings. The molecule has 4 rings (SSSR count). The Bertz CT molecular complexity index is 1070. The summed E-state index contributed by atoms with van der Waals surface area (Å²) in [5.74, 6) is -1.40.